The maximum absolute atomic E-state index is 13.3. The number of nitrogens with zero attached hydrogens (tertiary/aromatic N) is 2. The number of carbonyl (C=O) groups excluding carboxylic acids is 1. The van der Waals surface area contributed by atoms with E-state index in [-0.39, 0.29) is 11.7 Å². The summed E-state index contributed by atoms with van der Waals surface area (Å²) in [6.45, 7) is 0. The maximum atomic E-state index is 13.3. The number of benzene rings is 3. The molecule has 1 heterocycles. The van der Waals surface area contributed by atoms with Crippen LogP contribution in [0, 0.1) is 5.82 Å². The smallest absolute Gasteiger partial charge is 0.225 e. The highest BCUT2D eigenvalue weighted by Gasteiger charge is 2.13. The molecular formula is C26H22FN3O. The number of halogens is 1. The van der Waals surface area contributed by atoms with Gasteiger partial charge in [-0.15, -0.1) is 0 Å². The summed E-state index contributed by atoms with van der Waals surface area (Å²) in [5, 5.41) is 2.92. The fourth-order valence-electron chi connectivity index (χ4n) is 3.30. The van der Waals surface area contributed by atoms with Crippen molar-refractivity contribution in [2.24, 2.45) is 0 Å². The average Bonchev–Trinajstić information content (AvgIpc) is 2.81. The quantitative estimate of drug-likeness (QED) is 0.440. The Morgan fingerprint density at radius 2 is 1.48 bits per heavy atom. The molecule has 0 unspecified atom stereocenters. The zero-order valence-electron chi connectivity index (χ0n) is 17.0. The van der Waals surface area contributed by atoms with Crippen LogP contribution in [0.25, 0.3) is 11.3 Å². The van der Waals surface area contributed by atoms with Crippen LogP contribution >= 0.6 is 0 Å². The Morgan fingerprint density at radius 3 is 2.16 bits per heavy atom. The molecule has 0 aliphatic rings. The molecule has 0 fully saturated rings. The molecule has 0 aliphatic heterocycles. The van der Waals surface area contributed by atoms with Gasteiger partial charge in [0.2, 0.25) is 5.91 Å². The van der Waals surface area contributed by atoms with Crippen LogP contribution < -0.4 is 5.32 Å². The topological polar surface area (TPSA) is 54.9 Å². The number of aromatic nitrogens is 2. The van der Waals surface area contributed by atoms with Crippen LogP contribution in [-0.4, -0.2) is 15.9 Å². The van der Waals surface area contributed by atoms with Gasteiger partial charge in [-0.25, -0.2) is 14.4 Å². The van der Waals surface area contributed by atoms with Crippen molar-refractivity contribution in [3.05, 3.63) is 114 Å². The molecule has 0 saturated heterocycles. The Balaban J connectivity index is 1.56. The minimum atomic E-state index is -0.302. The molecule has 0 atom stereocenters. The molecule has 1 amide bonds. The molecule has 0 spiro atoms. The van der Waals surface area contributed by atoms with Crippen LogP contribution in [0.1, 0.15) is 23.2 Å². The predicted molar refractivity (Wildman–Crippen MR) is 120 cm³/mol. The number of rotatable bonds is 7. The van der Waals surface area contributed by atoms with Gasteiger partial charge in [0.1, 0.15) is 5.82 Å². The molecule has 31 heavy (non-hydrogen) atoms. The van der Waals surface area contributed by atoms with Crippen molar-refractivity contribution in [2.45, 2.75) is 19.3 Å². The first-order valence-corrected chi connectivity index (χ1v) is 10.2. The molecular weight excluding hydrogens is 389 g/mol. The highest BCUT2D eigenvalue weighted by atomic mass is 19.1. The SMILES string of the molecule is O=C(CCc1ccccc1)Nc1ncc(-c2ccc(F)cc2)nc1Cc1ccccc1. The standard InChI is InChI=1S/C26H22FN3O/c27-22-14-12-21(13-15-22)24-18-28-26(23(29-24)17-20-9-5-2-6-10-20)30-25(31)16-11-19-7-3-1-4-8-19/h1-10,12-15,18H,11,16-17H2,(H,28,30,31). The van der Waals surface area contributed by atoms with Crippen molar-refractivity contribution in [2.75, 3.05) is 5.32 Å². The second-order valence-electron chi connectivity index (χ2n) is 7.25. The number of aryl methyl sites for hydroxylation is 1. The summed E-state index contributed by atoms with van der Waals surface area (Å²) < 4.78 is 13.3. The molecule has 154 valence electrons. The summed E-state index contributed by atoms with van der Waals surface area (Å²) in [7, 11) is 0. The lowest BCUT2D eigenvalue weighted by Gasteiger charge is -2.12. The molecule has 0 bridgehead atoms. The molecule has 4 rings (SSSR count). The van der Waals surface area contributed by atoms with E-state index in [0.717, 1.165) is 16.7 Å². The lowest BCUT2D eigenvalue weighted by atomic mass is 10.1. The maximum Gasteiger partial charge on any atom is 0.225 e. The first-order valence-electron chi connectivity index (χ1n) is 10.2. The molecule has 1 aromatic heterocycles. The number of hydrogen-bond acceptors (Lipinski definition) is 3. The van der Waals surface area contributed by atoms with E-state index < -0.39 is 0 Å². The van der Waals surface area contributed by atoms with Crippen LogP contribution in [-0.2, 0) is 17.6 Å². The fraction of sp³-hybridized carbons (Fsp3) is 0.115. The van der Waals surface area contributed by atoms with Gasteiger partial charge in [0.15, 0.2) is 5.82 Å². The van der Waals surface area contributed by atoms with E-state index in [0.29, 0.717) is 36.5 Å². The second kappa shape index (κ2) is 9.76. The normalized spacial score (nSPS) is 10.6. The van der Waals surface area contributed by atoms with Crippen LogP contribution in [0.5, 0.6) is 0 Å². The summed E-state index contributed by atoms with van der Waals surface area (Å²) in [5.41, 5.74) is 4.24. The first-order chi connectivity index (χ1) is 15.2. The van der Waals surface area contributed by atoms with Gasteiger partial charge in [0.05, 0.1) is 17.6 Å². The molecule has 5 heteroatoms. The van der Waals surface area contributed by atoms with Gasteiger partial charge < -0.3 is 5.32 Å². The summed E-state index contributed by atoms with van der Waals surface area (Å²) in [4.78, 5) is 21.8. The van der Waals surface area contributed by atoms with Gasteiger partial charge in [0, 0.05) is 18.4 Å². The largest absolute Gasteiger partial charge is 0.309 e. The Hall–Kier alpha value is -3.86. The lowest BCUT2D eigenvalue weighted by Crippen LogP contribution is -2.16. The van der Waals surface area contributed by atoms with E-state index in [9.17, 15) is 9.18 Å². The third kappa shape index (κ3) is 5.60. The Labute approximate surface area is 180 Å². The van der Waals surface area contributed by atoms with E-state index in [1.54, 1.807) is 18.3 Å². The molecule has 0 aliphatic carbocycles. The molecule has 4 nitrogen and oxygen atoms in total. The van der Waals surface area contributed by atoms with Crippen molar-refractivity contribution in [3.63, 3.8) is 0 Å². The number of carbonyl (C=O) groups is 1. The minimum Gasteiger partial charge on any atom is -0.309 e. The highest BCUT2D eigenvalue weighted by molar-refractivity contribution is 5.90. The molecule has 0 saturated carbocycles. The van der Waals surface area contributed by atoms with E-state index >= 15 is 0 Å². The van der Waals surface area contributed by atoms with Crippen LogP contribution in [0.3, 0.4) is 0 Å². The van der Waals surface area contributed by atoms with Crippen molar-refractivity contribution >= 4 is 11.7 Å². The lowest BCUT2D eigenvalue weighted by molar-refractivity contribution is -0.116. The monoisotopic (exact) mass is 411 g/mol. The van der Waals surface area contributed by atoms with Crippen LogP contribution in [0.4, 0.5) is 10.2 Å². The minimum absolute atomic E-state index is 0.109. The van der Waals surface area contributed by atoms with Crippen molar-refractivity contribution in [1.29, 1.82) is 0 Å². The van der Waals surface area contributed by atoms with E-state index in [1.165, 1.54) is 12.1 Å². The van der Waals surface area contributed by atoms with Crippen molar-refractivity contribution < 1.29 is 9.18 Å². The van der Waals surface area contributed by atoms with E-state index in [4.69, 9.17) is 4.98 Å². The summed E-state index contributed by atoms with van der Waals surface area (Å²) >= 11 is 0. The van der Waals surface area contributed by atoms with Gasteiger partial charge in [-0.3, -0.25) is 4.79 Å². The average molecular weight is 411 g/mol. The van der Waals surface area contributed by atoms with Gasteiger partial charge in [0.25, 0.3) is 0 Å². The molecule has 0 radical (unpaired) electrons. The van der Waals surface area contributed by atoms with E-state index in [1.807, 2.05) is 60.7 Å². The molecule has 3 aromatic carbocycles. The fourth-order valence-corrected chi connectivity index (χ4v) is 3.30. The summed E-state index contributed by atoms with van der Waals surface area (Å²) in [6, 6.07) is 25.9. The van der Waals surface area contributed by atoms with Gasteiger partial charge in [-0.2, -0.15) is 0 Å². The third-order valence-corrected chi connectivity index (χ3v) is 4.94. The summed E-state index contributed by atoms with van der Waals surface area (Å²) in [6.07, 6.45) is 3.14. The van der Waals surface area contributed by atoms with Crippen LogP contribution in [0.15, 0.2) is 91.1 Å². The zero-order valence-corrected chi connectivity index (χ0v) is 17.0. The van der Waals surface area contributed by atoms with E-state index in [2.05, 4.69) is 10.3 Å². The number of anilines is 1. The van der Waals surface area contributed by atoms with Crippen molar-refractivity contribution in [1.82, 2.24) is 9.97 Å². The first kappa shape index (κ1) is 20.4. The third-order valence-electron chi connectivity index (χ3n) is 4.94. The van der Waals surface area contributed by atoms with Gasteiger partial charge >= 0.3 is 0 Å². The Morgan fingerprint density at radius 1 is 0.839 bits per heavy atom. The number of nitrogens with one attached hydrogen (secondary N) is 1. The van der Waals surface area contributed by atoms with Gasteiger partial charge in [-0.1, -0.05) is 60.7 Å². The van der Waals surface area contributed by atoms with Crippen LogP contribution in [0.2, 0.25) is 0 Å². The highest BCUT2D eigenvalue weighted by Crippen LogP contribution is 2.22. The Bertz CT molecular complexity index is 1150. The zero-order chi connectivity index (χ0) is 21.5. The van der Waals surface area contributed by atoms with Crippen molar-refractivity contribution in [3.8, 4) is 11.3 Å². The Kier molecular flexibility index (Phi) is 6.43. The summed E-state index contributed by atoms with van der Waals surface area (Å²) in [5.74, 6) is 0.0401. The number of amides is 1. The predicted octanol–water partition coefficient (Wildman–Crippen LogP) is 5.44. The molecule has 4 aromatic rings. The second-order valence-corrected chi connectivity index (χ2v) is 7.25. The van der Waals surface area contributed by atoms with Gasteiger partial charge in [-0.05, 0) is 41.8 Å². The molecule has 1 N–H and O–H groups in total. The number of hydrogen-bond donors (Lipinski definition) is 1.